The molecular weight excluding hydrogens is 421 g/mol. The number of amides is 1. The van der Waals surface area contributed by atoms with Crippen LogP contribution in [0.5, 0.6) is 0 Å². The smallest absolute Gasteiger partial charge is 0.254 e. The third-order valence-electron chi connectivity index (χ3n) is 5.78. The van der Waals surface area contributed by atoms with Crippen LogP contribution in [-0.4, -0.2) is 35.4 Å². The van der Waals surface area contributed by atoms with Gasteiger partial charge in [0.15, 0.2) is 0 Å². The zero-order valence-electron chi connectivity index (χ0n) is 16.7. The summed E-state index contributed by atoms with van der Waals surface area (Å²) in [5, 5.41) is 8.84. The number of hydrogen-bond donors (Lipinski definition) is 1. The van der Waals surface area contributed by atoms with Gasteiger partial charge in [-0.1, -0.05) is 41.4 Å². The molecule has 0 spiro atoms. The minimum Gasteiger partial charge on any atom is -0.381 e. The standard InChI is InChI=1S/C23H23Cl2N3O2/c1-16-21(14-27-28(16)20-7-3-6-19(25)13-20)22(29)26-15-23(8-10-30-11-9-23)17-4-2-5-18(24)12-17/h2-7,12-14H,8-11,15H2,1H3,(H,26,29). The van der Waals surface area contributed by atoms with E-state index in [1.54, 1.807) is 16.9 Å². The maximum Gasteiger partial charge on any atom is 0.254 e. The van der Waals surface area contributed by atoms with Crippen LogP contribution in [0.15, 0.2) is 54.7 Å². The number of carbonyl (C=O) groups excluding carboxylic acids is 1. The molecule has 1 aliphatic rings. The van der Waals surface area contributed by atoms with E-state index in [-0.39, 0.29) is 11.3 Å². The van der Waals surface area contributed by atoms with Crippen LogP contribution in [0, 0.1) is 6.92 Å². The number of halogens is 2. The molecule has 1 saturated heterocycles. The Balaban J connectivity index is 1.55. The van der Waals surface area contributed by atoms with Crippen molar-refractivity contribution >= 4 is 29.1 Å². The first-order chi connectivity index (χ1) is 14.5. The van der Waals surface area contributed by atoms with Crippen LogP contribution in [-0.2, 0) is 10.2 Å². The maximum absolute atomic E-state index is 13.0. The molecule has 30 heavy (non-hydrogen) atoms. The molecule has 7 heteroatoms. The van der Waals surface area contributed by atoms with Crippen LogP contribution < -0.4 is 5.32 Å². The Hall–Kier alpha value is -2.34. The van der Waals surface area contributed by atoms with Crippen molar-refractivity contribution in [3.8, 4) is 5.69 Å². The molecule has 5 nitrogen and oxygen atoms in total. The quantitative estimate of drug-likeness (QED) is 0.605. The van der Waals surface area contributed by atoms with Crippen LogP contribution in [0.2, 0.25) is 10.0 Å². The zero-order chi connectivity index (χ0) is 21.1. The van der Waals surface area contributed by atoms with Gasteiger partial charge >= 0.3 is 0 Å². The Bertz CT molecular complexity index is 1060. The SMILES string of the molecule is Cc1c(C(=O)NCC2(c3cccc(Cl)c3)CCOCC2)cnn1-c1cccc(Cl)c1. The number of nitrogens with zero attached hydrogens (tertiary/aromatic N) is 2. The lowest BCUT2D eigenvalue weighted by Gasteiger charge is -2.38. The summed E-state index contributed by atoms with van der Waals surface area (Å²) in [7, 11) is 0. The summed E-state index contributed by atoms with van der Waals surface area (Å²) in [6.07, 6.45) is 3.25. The largest absolute Gasteiger partial charge is 0.381 e. The molecule has 1 N–H and O–H groups in total. The Labute approximate surface area is 185 Å². The normalized spacial score (nSPS) is 15.7. The van der Waals surface area contributed by atoms with Gasteiger partial charge in [0.1, 0.15) is 0 Å². The van der Waals surface area contributed by atoms with E-state index in [4.69, 9.17) is 27.9 Å². The van der Waals surface area contributed by atoms with Gasteiger partial charge in [-0.3, -0.25) is 4.79 Å². The van der Waals surface area contributed by atoms with Crippen LogP contribution in [0.1, 0.15) is 34.5 Å². The first-order valence-corrected chi connectivity index (χ1v) is 10.7. The molecule has 1 amide bonds. The minimum absolute atomic E-state index is 0.145. The first-order valence-electron chi connectivity index (χ1n) is 9.91. The molecule has 1 fully saturated rings. The highest BCUT2D eigenvalue weighted by molar-refractivity contribution is 6.31. The summed E-state index contributed by atoms with van der Waals surface area (Å²) in [5.41, 5.74) is 3.06. The van der Waals surface area contributed by atoms with Crippen molar-refractivity contribution in [2.75, 3.05) is 19.8 Å². The lowest BCUT2D eigenvalue weighted by atomic mass is 9.74. The molecule has 0 radical (unpaired) electrons. The van der Waals surface area contributed by atoms with Crippen molar-refractivity contribution < 1.29 is 9.53 Å². The van der Waals surface area contributed by atoms with Crippen LogP contribution in [0.4, 0.5) is 0 Å². The maximum atomic E-state index is 13.0. The zero-order valence-corrected chi connectivity index (χ0v) is 18.2. The Morgan fingerprint density at radius 1 is 1.13 bits per heavy atom. The second kappa shape index (κ2) is 8.80. The molecule has 2 aromatic carbocycles. The Kier molecular flexibility index (Phi) is 6.14. The fraction of sp³-hybridized carbons (Fsp3) is 0.304. The highest BCUT2D eigenvalue weighted by Gasteiger charge is 2.35. The van der Waals surface area contributed by atoms with Gasteiger partial charge in [0.05, 0.1) is 23.1 Å². The van der Waals surface area contributed by atoms with E-state index >= 15 is 0 Å². The summed E-state index contributed by atoms with van der Waals surface area (Å²) < 4.78 is 7.30. The van der Waals surface area contributed by atoms with Gasteiger partial charge in [0, 0.05) is 35.2 Å². The van der Waals surface area contributed by atoms with Gasteiger partial charge in [-0.2, -0.15) is 5.10 Å². The second-order valence-electron chi connectivity index (χ2n) is 7.62. The number of benzene rings is 2. The van der Waals surface area contributed by atoms with Crippen molar-refractivity contribution in [3.63, 3.8) is 0 Å². The average molecular weight is 444 g/mol. The number of nitrogens with one attached hydrogen (secondary N) is 1. The molecule has 156 valence electrons. The Morgan fingerprint density at radius 3 is 2.53 bits per heavy atom. The first kappa shape index (κ1) is 20.9. The summed E-state index contributed by atoms with van der Waals surface area (Å²) in [4.78, 5) is 13.0. The van der Waals surface area contributed by atoms with Gasteiger partial charge in [-0.05, 0) is 55.7 Å². The van der Waals surface area contributed by atoms with E-state index in [1.807, 2.05) is 43.3 Å². The summed E-state index contributed by atoms with van der Waals surface area (Å²) in [5.74, 6) is -0.145. The van der Waals surface area contributed by atoms with Gasteiger partial charge < -0.3 is 10.1 Å². The lowest BCUT2D eigenvalue weighted by Crippen LogP contribution is -2.44. The Morgan fingerprint density at radius 2 is 1.83 bits per heavy atom. The van der Waals surface area contributed by atoms with E-state index in [1.165, 1.54) is 0 Å². The van der Waals surface area contributed by atoms with Crippen LogP contribution in [0.3, 0.4) is 0 Å². The lowest BCUT2D eigenvalue weighted by molar-refractivity contribution is 0.0487. The molecule has 0 atom stereocenters. The van der Waals surface area contributed by atoms with E-state index in [2.05, 4.69) is 16.5 Å². The molecule has 1 aliphatic heterocycles. The number of ether oxygens (including phenoxy) is 1. The molecule has 4 rings (SSSR count). The summed E-state index contributed by atoms with van der Waals surface area (Å²) in [6, 6.07) is 15.3. The molecule has 1 aromatic heterocycles. The number of rotatable bonds is 5. The number of hydrogen-bond acceptors (Lipinski definition) is 3. The van der Waals surface area contributed by atoms with Gasteiger partial charge in [-0.25, -0.2) is 4.68 Å². The van der Waals surface area contributed by atoms with Crippen molar-refractivity contribution in [1.29, 1.82) is 0 Å². The molecule has 0 unspecified atom stereocenters. The predicted molar refractivity (Wildman–Crippen MR) is 119 cm³/mol. The molecule has 0 bridgehead atoms. The fourth-order valence-electron chi connectivity index (χ4n) is 3.99. The van der Waals surface area contributed by atoms with Crippen LogP contribution in [0.25, 0.3) is 5.69 Å². The minimum atomic E-state index is -0.199. The molecule has 0 saturated carbocycles. The van der Waals surface area contributed by atoms with Gasteiger partial charge in [0.25, 0.3) is 5.91 Å². The summed E-state index contributed by atoms with van der Waals surface area (Å²) in [6.45, 7) is 3.71. The topological polar surface area (TPSA) is 56.1 Å². The van der Waals surface area contributed by atoms with Crippen molar-refractivity contribution in [2.45, 2.75) is 25.2 Å². The van der Waals surface area contributed by atoms with E-state index < -0.39 is 0 Å². The van der Waals surface area contributed by atoms with Crippen LogP contribution >= 0.6 is 23.2 Å². The van der Waals surface area contributed by atoms with Gasteiger partial charge in [0.2, 0.25) is 0 Å². The third-order valence-corrected chi connectivity index (χ3v) is 6.25. The fourth-order valence-corrected chi connectivity index (χ4v) is 4.37. The monoisotopic (exact) mass is 443 g/mol. The van der Waals surface area contributed by atoms with E-state index in [0.717, 1.165) is 29.8 Å². The second-order valence-corrected chi connectivity index (χ2v) is 8.49. The molecule has 0 aliphatic carbocycles. The number of carbonyl (C=O) groups is 1. The van der Waals surface area contributed by atoms with Crippen molar-refractivity contribution in [2.24, 2.45) is 0 Å². The number of aromatic nitrogens is 2. The molecule has 3 aromatic rings. The average Bonchev–Trinajstić information content (AvgIpc) is 3.14. The molecular formula is C23H23Cl2N3O2. The third kappa shape index (κ3) is 4.24. The van der Waals surface area contributed by atoms with Crippen molar-refractivity contribution in [3.05, 3.63) is 81.6 Å². The highest BCUT2D eigenvalue weighted by atomic mass is 35.5. The van der Waals surface area contributed by atoms with Gasteiger partial charge in [-0.15, -0.1) is 0 Å². The highest BCUT2D eigenvalue weighted by Crippen LogP contribution is 2.35. The van der Waals surface area contributed by atoms with Crippen molar-refractivity contribution in [1.82, 2.24) is 15.1 Å². The summed E-state index contributed by atoms with van der Waals surface area (Å²) >= 11 is 12.3. The van der Waals surface area contributed by atoms with E-state index in [9.17, 15) is 4.79 Å². The predicted octanol–water partition coefficient (Wildman–Crippen LogP) is 4.97. The van der Waals surface area contributed by atoms with E-state index in [0.29, 0.717) is 35.4 Å². The molecule has 2 heterocycles.